The van der Waals surface area contributed by atoms with E-state index in [1.807, 2.05) is 48.7 Å². The van der Waals surface area contributed by atoms with Gasteiger partial charge in [-0.05, 0) is 65.2 Å². The molecular formula is C16H16IN7OS2. The van der Waals surface area contributed by atoms with Crippen molar-refractivity contribution >= 4 is 68.9 Å². The van der Waals surface area contributed by atoms with Gasteiger partial charge in [0.2, 0.25) is 11.1 Å². The van der Waals surface area contributed by atoms with Crippen LogP contribution in [0.15, 0.2) is 52.0 Å². The second-order valence-corrected chi connectivity index (χ2v) is 8.44. The Bertz CT molecular complexity index is 938. The number of benzene rings is 1. The van der Waals surface area contributed by atoms with Crippen molar-refractivity contribution in [2.24, 2.45) is 5.10 Å². The summed E-state index contributed by atoms with van der Waals surface area (Å²) in [5.41, 5.74) is 4.36. The lowest BCUT2D eigenvalue weighted by Crippen LogP contribution is -2.17. The highest BCUT2D eigenvalue weighted by molar-refractivity contribution is 14.1. The van der Waals surface area contributed by atoms with Gasteiger partial charge in [-0.1, -0.05) is 17.8 Å². The number of anilines is 2. The Morgan fingerprint density at radius 3 is 2.81 bits per heavy atom. The average Bonchev–Trinajstić information content (AvgIpc) is 3.31. The van der Waals surface area contributed by atoms with Crippen LogP contribution < -0.4 is 16.6 Å². The first kappa shape index (κ1) is 19.6. The van der Waals surface area contributed by atoms with Crippen LogP contribution in [0.3, 0.4) is 0 Å². The lowest BCUT2D eigenvalue weighted by molar-refractivity contribution is -0.113. The molecule has 3 aromatic rings. The topological polar surface area (TPSA) is 110 Å². The van der Waals surface area contributed by atoms with E-state index in [0.29, 0.717) is 11.1 Å². The number of rotatable bonds is 7. The summed E-state index contributed by atoms with van der Waals surface area (Å²) < 4.78 is 2.38. The maximum absolute atomic E-state index is 12.1. The van der Waals surface area contributed by atoms with Crippen LogP contribution in [0.2, 0.25) is 0 Å². The molecule has 140 valence electrons. The Morgan fingerprint density at radius 1 is 1.33 bits per heavy atom. The highest BCUT2D eigenvalue weighted by atomic mass is 127. The minimum Gasteiger partial charge on any atom is -0.334 e. The van der Waals surface area contributed by atoms with Crippen LogP contribution >= 0.6 is 45.7 Å². The zero-order valence-corrected chi connectivity index (χ0v) is 18.0. The Balaban J connectivity index is 1.54. The zero-order chi connectivity index (χ0) is 19.2. The van der Waals surface area contributed by atoms with Gasteiger partial charge in [-0.2, -0.15) is 5.10 Å². The second-order valence-electron chi connectivity index (χ2n) is 5.31. The minimum atomic E-state index is -0.148. The van der Waals surface area contributed by atoms with Crippen LogP contribution in [0.5, 0.6) is 0 Å². The molecule has 0 aliphatic heterocycles. The van der Waals surface area contributed by atoms with E-state index in [4.69, 9.17) is 5.84 Å². The lowest BCUT2D eigenvalue weighted by atomic mass is 10.3. The lowest BCUT2D eigenvalue weighted by Gasteiger charge is -2.05. The van der Waals surface area contributed by atoms with E-state index in [1.165, 1.54) is 16.4 Å². The molecule has 0 saturated heterocycles. The molecule has 8 nitrogen and oxygen atoms in total. The molecule has 4 N–H and O–H groups in total. The molecule has 2 aromatic heterocycles. The summed E-state index contributed by atoms with van der Waals surface area (Å²) in [4.78, 5) is 13.1. The molecule has 11 heteroatoms. The fraction of sp³-hybridized carbons (Fsp3) is 0.125. The van der Waals surface area contributed by atoms with Gasteiger partial charge in [-0.25, -0.2) is 10.1 Å². The van der Waals surface area contributed by atoms with Crippen molar-refractivity contribution in [3.63, 3.8) is 0 Å². The summed E-state index contributed by atoms with van der Waals surface area (Å²) in [6.07, 6.45) is 0. The number of nitrogens with two attached hydrogens (primary N) is 1. The zero-order valence-electron chi connectivity index (χ0n) is 14.2. The number of halogens is 1. The number of hydrazone groups is 1. The van der Waals surface area contributed by atoms with E-state index < -0.39 is 0 Å². The van der Waals surface area contributed by atoms with Crippen molar-refractivity contribution in [2.45, 2.75) is 12.1 Å². The number of carbonyl (C=O) groups is 1. The predicted octanol–water partition coefficient (Wildman–Crippen LogP) is 3.22. The molecule has 3 rings (SSSR count). The van der Waals surface area contributed by atoms with Crippen molar-refractivity contribution in [3.05, 3.63) is 50.2 Å². The molecule has 0 bridgehead atoms. The fourth-order valence-electron chi connectivity index (χ4n) is 1.99. The van der Waals surface area contributed by atoms with Crippen molar-refractivity contribution in [3.8, 4) is 0 Å². The van der Waals surface area contributed by atoms with Crippen LogP contribution in [0.25, 0.3) is 0 Å². The highest BCUT2D eigenvalue weighted by Crippen LogP contribution is 2.18. The van der Waals surface area contributed by atoms with Gasteiger partial charge in [0.25, 0.3) is 5.95 Å². The third-order valence-electron chi connectivity index (χ3n) is 3.33. The first-order valence-electron chi connectivity index (χ1n) is 7.76. The van der Waals surface area contributed by atoms with Crippen molar-refractivity contribution < 1.29 is 4.79 Å². The summed E-state index contributed by atoms with van der Waals surface area (Å²) >= 11 is 5.00. The van der Waals surface area contributed by atoms with E-state index in [1.54, 1.807) is 11.3 Å². The predicted molar refractivity (Wildman–Crippen MR) is 119 cm³/mol. The third-order valence-corrected chi connectivity index (χ3v) is 5.97. The van der Waals surface area contributed by atoms with Gasteiger partial charge in [0, 0.05) is 14.1 Å². The Morgan fingerprint density at radius 2 is 2.11 bits per heavy atom. The fourth-order valence-corrected chi connectivity index (χ4v) is 3.68. The average molecular weight is 513 g/mol. The number of hydrogen-bond donors (Lipinski definition) is 3. The molecule has 0 unspecified atom stereocenters. The molecule has 27 heavy (non-hydrogen) atoms. The molecule has 0 saturated carbocycles. The Hall–Kier alpha value is -2.12. The first-order valence-corrected chi connectivity index (χ1v) is 10.7. The maximum Gasteiger partial charge on any atom is 0.264 e. The number of amides is 1. The number of nitrogens with zero attached hydrogens (tertiary/aromatic N) is 4. The number of nitrogen functional groups attached to an aromatic ring is 1. The molecular weight excluding hydrogens is 497 g/mol. The highest BCUT2D eigenvalue weighted by Gasteiger charge is 2.12. The van der Waals surface area contributed by atoms with E-state index in [2.05, 4.69) is 48.6 Å². The van der Waals surface area contributed by atoms with Gasteiger partial charge in [0.1, 0.15) is 0 Å². The van der Waals surface area contributed by atoms with Gasteiger partial charge in [-0.15, -0.1) is 21.5 Å². The summed E-state index contributed by atoms with van der Waals surface area (Å²) in [6, 6.07) is 11.5. The van der Waals surface area contributed by atoms with Gasteiger partial charge < -0.3 is 11.2 Å². The van der Waals surface area contributed by atoms with Crippen LogP contribution in [0.4, 0.5) is 11.6 Å². The van der Waals surface area contributed by atoms with Crippen LogP contribution in [0, 0.1) is 3.57 Å². The SMILES string of the molecule is C/C(=N\Nc1nnc(SCC(=O)Nc2ccc(I)cc2)n1N)c1cccs1. The number of carbonyl (C=O) groups excluding carboxylic acids is 1. The first-order chi connectivity index (χ1) is 13.0. The second kappa shape index (κ2) is 9.19. The van der Waals surface area contributed by atoms with E-state index >= 15 is 0 Å². The molecule has 0 aliphatic rings. The molecule has 0 atom stereocenters. The van der Waals surface area contributed by atoms with Crippen molar-refractivity contribution in [2.75, 3.05) is 22.3 Å². The number of nitrogens with one attached hydrogen (secondary N) is 2. The normalized spacial score (nSPS) is 11.4. The van der Waals surface area contributed by atoms with Crippen molar-refractivity contribution in [1.29, 1.82) is 0 Å². The van der Waals surface area contributed by atoms with Gasteiger partial charge in [-0.3, -0.25) is 4.79 Å². The van der Waals surface area contributed by atoms with Gasteiger partial charge in [0.05, 0.1) is 11.5 Å². The Labute approximate surface area is 177 Å². The van der Waals surface area contributed by atoms with E-state index in [0.717, 1.165) is 19.8 Å². The third kappa shape index (κ3) is 5.43. The Kier molecular flexibility index (Phi) is 6.68. The minimum absolute atomic E-state index is 0.148. The standard InChI is InChI=1S/C16H16IN7OS2/c1-10(13-3-2-8-26-13)20-21-15-22-23-16(24(15)18)27-9-14(25)19-12-6-4-11(17)5-7-12/h2-8H,9,18H2,1H3,(H,19,25)(H,21,22)/b20-10+. The quantitative estimate of drug-likeness (QED) is 0.147. The molecule has 1 amide bonds. The molecule has 0 spiro atoms. The summed E-state index contributed by atoms with van der Waals surface area (Å²) in [6.45, 7) is 1.89. The number of thioether (sulfide) groups is 1. The van der Waals surface area contributed by atoms with Gasteiger partial charge in [0.15, 0.2) is 0 Å². The molecule has 1 aromatic carbocycles. The van der Waals surface area contributed by atoms with E-state index in [-0.39, 0.29) is 11.7 Å². The summed E-state index contributed by atoms with van der Waals surface area (Å²) in [7, 11) is 0. The maximum atomic E-state index is 12.1. The largest absolute Gasteiger partial charge is 0.334 e. The smallest absolute Gasteiger partial charge is 0.264 e. The molecule has 0 fully saturated rings. The van der Waals surface area contributed by atoms with Crippen LogP contribution in [0.1, 0.15) is 11.8 Å². The van der Waals surface area contributed by atoms with Crippen LogP contribution in [-0.4, -0.2) is 32.2 Å². The number of hydrogen-bond acceptors (Lipinski definition) is 8. The number of aromatic nitrogens is 3. The summed E-state index contributed by atoms with van der Waals surface area (Å²) in [5.74, 6) is 6.29. The molecule has 0 aliphatic carbocycles. The molecule has 0 radical (unpaired) electrons. The number of thiophene rings is 1. The van der Waals surface area contributed by atoms with Gasteiger partial charge >= 0.3 is 0 Å². The van der Waals surface area contributed by atoms with Crippen LogP contribution in [-0.2, 0) is 4.79 Å². The molecule has 2 heterocycles. The summed E-state index contributed by atoms with van der Waals surface area (Å²) in [5, 5.41) is 17.4. The van der Waals surface area contributed by atoms with Crippen molar-refractivity contribution in [1.82, 2.24) is 14.9 Å². The van der Waals surface area contributed by atoms with E-state index in [9.17, 15) is 4.79 Å². The monoisotopic (exact) mass is 513 g/mol.